The van der Waals surface area contributed by atoms with E-state index in [1.54, 1.807) is 0 Å². The molecule has 2 fully saturated rings. The van der Waals surface area contributed by atoms with Crippen LogP contribution >= 0.6 is 0 Å². The van der Waals surface area contributed by atoms with Crippen molar-refractivity contribution in [2.75, 3.05) is 6.54 Å². The normalized spacial score (nSPS) is 23.7. The Morgan fingerprint density at radius 2 is 1.53 bits per heavy atom. The zero-order valence-electron chi connectivity index (χ0n) is 9.62. The summed E-state index contributed by atoms with van der Waals surface area (Å²) >= 11 is 0. The van der Waals surface area contributed by atoms with Crippen molar-refractivity contribution in [3.05, 3.63) is 0 Å². The monoisotopic (exact) mass is 206 g/mol. The van der Waals surface area contributed by atoms with Gasteiger partial charge in [-0.2, -0.15) is 5.26 Å². The first-order valence-electron chi connectivity index (χ1n) is 6.54. The van der Waals surface area contributed by atoms with E-state index in [0.29, 0.717) is 6.42 Å². The maximum absolute atomic E-state index is 8.69. The van der Waals surface area contributed by atoms with Crippen LogP contribution in [0, 0.1) is 11.3 Å². The molecule has 0 radical (unpaired) electrons. The Bertz CT molecular complexity index is 219. The minimum absolute atomic E-state index is 0.715. The molecule has 0 amide bonds. The number of hydrogen-bond donors (Lipinski definition) is 0. The van der Waals surface area contributed by atoms with Gasteiger partial charge in [-0.05, 0) is 25.7 Å². The van der Waals surface area contributed by atoms with Gasteiger partial charge in [0.1, 0.15) is 0 Å². The van der Waals surface area contributed by atoms with Crippen molar-refractivity contribution in [2.24, 2.45) is 0 Å². The second-order valence-corrected chi connectivity index (χ2v) is 5.02. The zero-order chi connectivity index (χ0) is 10.5. The van der Waals surface area contributed by atoms with Crippen LogP contribution < -0.4 is 0 Å². The maximum Gasteiger partial charge on any atom is 0.0635 e. The predicted molar refractivity (Wildman–Crippen MR) is 61.4 cm³/mol. The van der Waals surface area contributed by atoms with Gasteiger partial charge in [0, 0.05) is 25.0 Å². The smallest absolute Gasteiger partial charge is 0.0635 e. The fourth-order valence-electron chi connectivity index (χ4n) is 2.84. The fourth-order valence-corrected chi connectivity index (χ4v) is 2.84. The molecule has 0 unspecified atom stereocenters. The van der Waals surface area contributed by atoms with Crippen LogP contribution in [0.25, 0.3) is 0 Å². The van der Waals surface area contributed by atoms with Gasteiger partial charge in [0.05, 0.1) is 6.07 Å². The van der Waals surface area contributed by atoms with Crippen LogP contribution in [-0.2, 0) is 0 Å². The number of hydrogen-bond acceptors (Lipinski definition) is 2. The average Bonchev–Trinajstić information content (AvgIpc) is 3.05. The SMILES string of the molecule is N#CCCN(C1CCCCCC1)C1CC1. The quantitative estimate of drug-likeness (QED) is 0.661. The molecule has 2 nitrogen and oxygen atoms in total. The first-order chi connectivity index (χ1) is 7.42. The highest BCUT2D eigenvalue weighted by molar-refractivity contribution is 4.90. The Labute approximate surface area is 93.3 Å². The Morgan fingerprint density at radius 1 is 0.933 bits per heavy atom. The largest absolute Gasteiger partial charge is 0.296 e. The topological polar surface area (TPSA) is 27.0 Å². The minimum atomic E-state index is 0.715. The van der Waals surface area contributed by atoms with E-state index < -0.39 is 0 Å². The lowest BCUT2D eigenvalue weighted by molar-refractivity contribution is 0.173. The molecular weight excluding hydrogens is 184 g/mol. The first kappa shape index (κ1) is 11.0. The third-order valence-corrected chi connectivity index (χ3v) is 3.79. The molecule has 0 heterocycles. The summed E-state index contributed by atoms with van der Waals surface area (Å²) in [5.74, 6) is 0. The summed E-state index contributed by atoms with van der Waals surface area (Å²) in [5.41, 5.74) is 0. The average molecular weight is 206 g/mol. The minimum Gasteiger partial charge on any atom is -0.296 e. The molecule has 84 valence electrons. The molecule has 0 atom stereocenters. The van der Waals surface area contributed by atoms with Gasteiger partial charge < -0.3 is 0 Å². The van der Waals surface area contributed by atoms with Gasteiger partial charge in [0.25, 0.3) is 0 Å². The van der Waals surface area contributed by atoms with E-state index in [2.05, 4.69) is 11.0 Å². The molecule has 0 bridgehead atoms. The lowest BCUT2D eigenvalue weighted by Crippen LogP contribution is -2.37. The zero-order valence-corrected chi connectivity index (χ0v) is 9.62. The second kappa shape index (κ2) is 5.51. The summed E-state index contributed by atoms with van der Waals surface area (Å²) in [7, 11) is 0. The van der Waals surface area contributed by atoms with Gasteiger partial charge in [-0.15, -0.1) is 0 Å². The van der Waals surface area contributed by atoms with Gasteiger partial charge in [0.15, 0.2) is 0 Å². The van der Waals surface area contributed by atoms with Crippen molar-refractivity contribution in [3.8, 4) is 6.07 Å². The van der Waals surface area contributed by atoms with E-state index in [4.69, 9.17) is 5.26 Å². The summed E-state index contributed by atoms with van der Waals surface area (Å²) < 4.78 is 0. The Kier molecular flexibility index (Phi) is 4.02. The molecule has 0 saturated heterocycles. The van der Waals surface area contributed by atoms with Crippen molar-refractivity contribution < 1.29 is 0 Å². The van der Waals surface area contributed by atoms with Crippen LogP contribution in [0.3, 0.4) is 0 Å². The highest BCUT2D eigenvalue weighted by Gasteiger charge is 2.33. The molecule has 0 aromatic carbocycles. The molecule has 2 heteroatoms. The van der Waals surface area contributed by atoms with E-state index in [0.717, 1.165) is 18.6 Å². The lowest BCUT2D eigenvalue weighted by Gasteiger charge is -2.30. The van der Waals surface area contributed by atoms with Gasteiger partial charge >= 0.3 is 0 Å². The third kappa shape index (κ3) is 3.21. The van der Waals surface area contributed by atoms with Crippen molar-refractivity contribution in [2.45, 2.75) is 69.9 Å². The van der Waals surface area contributed by atoms with Crippen LogP contribution in [0.2, 0.25) is 0 Å². The van der Waals surface area contributed by atoms with E-state index in [1.165, 1.54) is 51.4 Å². The van der Waals surface area contributed by atoms with E-state index in [1.807, 2.05) is 0 Å². The molecule has 0 N–H and O–H groups in total. The Morgan fingerprint density at radius 3 is 2.07 bits per heavy atom. The molecule has 15 heavy (non-hydrogen) atoms. The summed E-state index contributed by atoms with van der Waals surface area (Å²) in [4.78, 5) is 2.65. The van der Waals surface area contributed by atoms with Crippen LogP contribution in [0.1, 0.15) is 57.8 Å². The molecule has 0 aliphatic heterocycles. The van der Waals surface area contributed by atoms with Crippen LogP contribution in [0.5, 0.6) is 0 Å². The summed E-state index contributed by atoms with van der Waals surface area (Å²) in [6.45, 7) is 1.02. The van der Waals surface area contributed by atoms with Crippen molar-refractivity contribution in [1.29, 1.82) is 5.26 Å². The molecule has 0 spiro atoms. The first-order valence-corrected chi connectivity index (χ1v) is 6.54. The molecule has 2 rings (SSSR count). The van der Waals surface area contributed by atoms with Crippen LogP contribution in [0.15, 0.2) is 0 Å². The van der Waals surface area contributed by atoms with Gasteiger partial charge in [-0.3, -0.25) is 4.90 Å². The molecule has 2 aliphatic carbocycles. The summed E-state index contributed by atoms with van der Waals surface area (Å²) in [6.07, 6.45) is 11.9. The van der Waals surface area contributed by atoms with Crippen molar-refractivity contribution in [1.82, 2.24) is 4.90 Å². The second-order valence-electron chi connectivity index (χ2n) is 5.02. The highest BCUT2D eigenvalue weighted by atomic mass is 15.2. The predicted octanol–water partition coefficient (Wildman–Crippen LogP) is 3.09. The summed E-state index contributed by atoms with van der Waals surface area (Å²) in [5, 5.41) is 8.69. The molecule has 2 saturated carbocycles. The van der Waals surface area contributed by atoms with E-state index in [-0.39, 0.29) is 0 Å². The van der Waals surface area contributed by atoms with E-state index >= 15 is 0 Å². The van der Waals surface area contributed by atoms with Crippen LogP contribution in [-0.4, -0.2) is 23.5 Å². The third-order valence-electron chi connectivity index (χ3n) is 3.79. The highest BCUT2D eigenvalue weighted by Crippen LogP contribution is 2.33. The van der Waals surface area contributed by atoms with Gasteiger partial charge in [0.2, 0.25) is 0 Å². The van der Waals surface area contributed by atoms with Crippen molar-refractivity contribution >= 4 is 0 Å². The van der Waals surface area contributed by atoms with Crippen LogP contribution in [0.4, 0.5) is 0 Å². The fraction of sp³-hybridized carbons (Fsp3) is 0.923. The standard InChI is InChI=1S/C13H22N2/c14-10-5-11-15(13-8-9-13)12-6-3-1-2-4-7-12/h12-13H,1-9,11H2. The van der Waals surface area contributed by atoms with E-state index in [9.17, 15) is 0 Å². The number of nitrogens with zero attached hydrogens (tertiary/aromatic N) is 2. The Hall–Kier alpha value is -0.550. The molecule has 2 aliphatic rings. The number of nitriles is 1. The number of rotatable bonds is 4. The molecule has 0 aromatic heterocycles. The lowest BCUT2D eigenvalue weighted by atomic mass is 10.1. The molecular formula is C13H22N2. The summed E-state index contributed by atoms with van der Waals surface area (Å²) in [6, 6.07) is 3.93. The molecule has 0 aromatic rings. The Balaban J connectivity index is 1.87. The van der Waals surface area contributed by atoms with Gasteiger partial charge in [-0.25, -0.2) is 0 Å². The maximum atomic E-state index is 8.69. The van der Waals surface area contributed by atoms with Gasteiger partial charge in [-0.1, -0.05) is 25.7 Å². The van der Waals surface area contributed by atoms with Crippen molar-refractivity contribution in [3.63, 3.8) is 0 Å².